The molecule has 0 unspecified atom stereocenters. The standard InChI is InChI=1S/C24H28O3/c25-18-21-13-14-24(26-15-16-27-24)17-23(21)22(20-9-5-2-6-10-20)12-11-19-7-3-1-4-8-19/h1-12,21-23,25H,13-18H2/b12-11+/t21-,22+,23-/m1/s1. The molecule has 2 fully saturated rings. The van der Waals surface area contributed by atoms with Gasteiger partial charge in [0.15, 0.2) is 5.79 Å². The molecule has 142 valence electrons. The van der Waals surface area contributed by atoms with E-state index in [9.17, 15) is 5.11 Å². The molecule has 4 rings (SSSR count). The van der Waals surface area contributed by atoms with Crippen molar-refractivity contribution in [2.24, 2.45) is 11.8 Å². The van der Waals surface area contributed by atoms with E-state index in [-0.39, 0.29) is 24.4 Å². The molecule has 27 heavy (non-hydrogen) atoms. The van der Waals surface area contributed by atoms with Crippen molar-refractivity contribution in [2.75, 3.05) is 19.8 Å². The van der Waals surface area contributed by atoms with Crippen LogP contribution in [0.3, 0.4) is 0 Å². The third kappa shape index (κ3) is 4.16. The van der Waals surface area contributed by atoms with E-state index in [4.69, 9.17) is 9.47 Å². The van der Waals surface area contributed by atoms with Crippen LogP contribution in [-0.2, 0) is 9.47 Å². The molecule has 1 N–H and O–H groups in total. The van der Waals surface area contributed by atoms with Crippen LogP contribution in [0.4, 0.5) is 0 Å². The molecule has 3 atom stereocenters. The number of ether oxygens (including phenoxy) is 2. The molecule has 0 aromatic heterocycles. The number of allylic oxidation sites excluding steroid dienone is 1. The van der Waals surface area contributed by atoms with Crippen molar-refractivity contribution in [1.82, 2.24) is 0 Å². The number of hydrogen-bond donors (Lipinski definition) is 1. The second kappa shape index (κ2) is 8.39. The zero-order valence-electron chi connectivity index (χ0n) is 15.7. The van der Waals surface area contributed by atoms with Crippen LogP contribution in [0.15, 0.2) is 66.7 Å². The van der Waals surface area contributed by atoms with Crippen molar-refractivity contribution >= 4 is 6.08 Å². The molecule has 3 heteroatoms. The Balaban J connectivity index is 1.66. The summed E-state index contributed by atoms with van der Waals surface area (Å²) in [5, 5.41) is 10.1. The first-order chi connectivity index (χ1) is 13.3. The number of benzene rings is 2. The van der Waals surface area contributed by atoms with Crippen LogP contribution in [0.1, 0.15) is 36.3 Å². The van der Waals surface area contributed by atoms with Crippen molar-refractivity contribution < 1.29 is 14.6 Å². The van der Waals surface area contributed by atoms with Crippen LogP contribution in [-0.4, -0.2) is 30.7 Å². The fourth-order valence-corrected chi connectivity index (χ4v) is 4.61. The lowest BCUT2D eigenvalue weighted by Crippen LogP contribution is -2.43. The van der Waals surface area contributed by atoms with Gasteiger partial charge in [0.2, 0.25) is 0 Å². The highest BCUT2D eigenvalue weighted by atomic mass is 16.7. The van der Waals surface area contributed by atoms with E-state index < -0.39 is 5.79 Å². The Kier molecular flexibility index (Phi) is 5.72. The maximum absolute atomic E-state index is 10.1. The second-order valence-corrected chi connectivity index (χ2v) is 7.66. The van der Waals surface area contributed by atoms with Gasteiger partial charge in [0, 0.05) is 25.4 Å². The third-order valence-corrected chi connectivity index (χ3v) is 6.04. The van der Waals surface area contributed by atoms with Crippen molar-refractivity contribution in [1.29, 1.82) is 0 Å². The van der Waals surface area contributed by atoms with Crippen LogP contribution in [0, 0.1) is 11.8 Å². The zero-order chi connectivity index (χ0) is 18.5. The van der Waals surface area contributed by atoms with E-state index in [1.54, 1.807) is 0 Å². The Hall–Kier alpha value is -1.94. The van der Waals surface area contributed by atoms with E-state index in [0.717, 1.165) is 19.3 Å². The van der Waals surface area contributed by atoms with E-state index in [1.165, 1.54) is 11.1 Å². The first kappa shape index (κ1) is 18.4. The molecular formula is C24H28O3. The molecule has 0 radical (unpaired) electrons. The summed E-state index contributed by atoms with van der Waals surface area (Å²) in [4.78, 5) is 0. The SMILES string of the molecule is OC[C@H]1CCC2(C[C@H]1[C@@H](/C=C/c1ccccc1)c1ccccc1)OCCO2. The molecule has 1 saturated carbocycles. The van der Waals surface area contributed by atoms with Crippen molar-refractivity contribution in [3.63, 3.8) is 0 Å². The minimum Gasteiger partial charge on any atom is -0.396 e. The highest BCUT2D eigenvalue weighted by Gasteiger charge is 2.46. The molecule has 3 nitrogen and oxygen atoms in total. The summed E-state index contributed by atoms with van der Waals surface area (Å²) in [5.41, 5.74) is 2.47. The highest BCUT2D eigenvalue weighted by molar-refractivity contribution is 5.50. The van der Waals surface area contributed by atoms with E-state index >= 15 is 0 Å². The molecular weight excluding hydrogens is 336 g/mol. The predicted molar refractivity (Wildman–Crippen MR) is 107 cm³/mol. The van der Waals surface area contributed by atoms with Gasteiger partial charge < -0.3 is 14.6 Å². The Morgan fingerprint density at radius 1 is 1.00 bits per heavy atom. The zero-order valence-corrected chi connectivity index (χ0v) is 15.7. The minimum atomic E-state index is -0.454. The molecule has 1 aliphatic heterocycles. The third-order valence-electron chi connectivity index (χ3n) is 6.04. The molecule has 2 aliphatic rings. The van der Waals surface area contributed by atoms with Gasteiger partial charge in [0.05, 0.1) is 13.2 Å². The average molecular weight is 364 g/mol. The van der Waals surface area contributed by atoms with Gasteiger partial charge in [-0.1, -0.05) is 72.8 Å². The number of rotatable bonds is 5. The maximum atomic E-state index is 10.1. The van der Waals surface area contributed by atoms with Crippen molar-refractivity contribution in [3.8, 4) is 0 Å². The number of aliphatic hydroxyl groups excluding tert-OH is 1. The number of aliphatic hydroxyl groups is 1. The van der Waals surface area contributed by atoms with Crippen LogP contribution >= 0.6 is 0 Å². The molecule has 1 spiro atoms. The van der Waals surface area contributed by atoms with Crippen LogP contribution < -0.4 is 0 Å². The number of hydrogen-bond acceptors (Lipinski definition) is 3. The van der Waals surface area contributed by atoms with Gasteiger partial charge in [0.1, 0.15) is 0 Å². The van der Waals surface area contributed by atoms with E-state index in [0.29, 0.717) is 13.2 Å². The fraction of sp³-hybridized carbons (Fsp3) is 0.417. The van der Waals surface area contributed by atoms with Gasteiger partial charge in [-0.2, -0.15) is 0 Å². The monoisotopic (exact) mass is 364 g/mol. The van der Waals surface area contributed by atoms with Crippen LogP contribution in [0.25, 0.3) is 6.08 Å². The first-order valence-corrected chi connectivity index (χ1v) is 9.97. The summed E-state index contributed by atoms with van der Waals surface area (Å²) in [7, 11) is 0. The Morgan fingerprint density at radius 3 is 2.33 bits per heavy atom. The Labute approximate surface area is 161 Å². The van der Waals surface area contributed by atoms with Gasteiger partial charge in [-0.05, 0) is 29.4 Å². The lowest BCUT2D eigenvalue weighted by Gasteiger charge is -2.43. The van der Waals surface area contributed by atoms with Crippen LogP contribution in [0.5, 0.6) is 0 Å². The van der Waals surface area contributed by atoms with E-state index in [1.807, 2.05) is 6.07 Å². The van der Waals surface area contributed by atoms with Gasteiger partial charge >= 0.3 is 0 Å². The van der Waals surface area contributed by atoms with Gasteiger partial charge in [-0.3, -0.25) is 0 Å². The summed E-state index contributed by atoms with van der Waals surface area (Å²) < 4.78 is 12.1. The minimum absolute atomic E-state index is 0.212. The lowest BCUT2D eigenvalue weighted by molar-refractivity contribution is -0.198. The summed E-state index contributed by atoms with van der Waals surface area (Å²) in [6.45, 7) is 1.56. The normalized spacial score (nSPS) is 25.8. The summed E-state index contributed by atoms with van der Waals surface area (Å²) in [6.07, 6.45) is 7.13. The summed E-state index contributed by atoms with van der Waals surface area (Å²) >= 11 is 0. The van der Waals surface area contributed by atoms with Crippen LogP contribution in [0.2, 0.25) is 0 Å². The smallest absolute Gasteiger partial charge is 0.168 e. The Morgan fingerprint density at radius 2 is 1.67 bits per heavy atom. The van der Waals surface area contributed by atoms with Crippen molar-refractivity contribution in [3.05, 3.63) is 77.9 Å². The van der Waals surface area contributed by atoms with Crippen molar-refractivity contribution in [2.45, 2.75) is 31.0 Å². The first-order valence-electron chi connectivity index (χ1n) is 9.97. The molecule has 1 saturated heterocycles. The molecule has 1 heterocycles. The molecule has 0 amide bonds. The second-order valence-electron chi connectivity index (χ2n) is 7.66. The fourth-order valence-electron chi connectivity index (χ4n) is 4.61. The Bertz CT molecular complexity index is 735. The van der Waals surface area contributed by atoms with Gasteiger partial charge in [-0.15, -0.1) is 0 Å². The molecule has 1 aliphatic carbocycles. The van der Waals surface area contributed by atoms with E-state index in [2.05, 4.69) is 66.7 Å². The van der Waals surface area contributed by atoms with Gasteiger partial charge in [0.25, 0.3) is 0 Å². The summed E-state index contributed by atoms with van der Waals surface area (Å²) in [6, 6.07) is 21.0. The largest absolute Gasteiger partial charge is 0.396 e. The predicted octanol–water partition coefficient (Wildman–Crippen LogP) is 4.64. The molecule has 0 bridgehead atoms. The molecule has 2 aromatic rings. The average Bonchev–Trinajstić information content (AvgIpc) is 3.18. The lowest BCUT2D eigenvalue weighted by atomic mass is 9.68. The quantitative estimate of drug-likeness (QED) is 0.840. The topological polar surface area (TPSA) is 38.7 Å². The highest BCUT2D eigenvalue weighted by Crippen LogP contribution is 2.47. The van der Waals surface area contributed by atoms with Gasteiger partial charge in [-0.25, -0.2) is 0 Å². The summed E-state index contributed by atoms with van der Waals surface area (Å²) in [5.74, 6) is 0.302. The molecule has 2 aromatic carbocycles. The maximum Gasteiger partial charge on any atom is 0.168 e.